The van der Waals surface area contributed by atoms with E-state index in [4.69, 9.17) is 0 Å². The Labute approximate surface area is 220 Å². The Morgan fingerprint density at radius 3 is 2.37 bits per heavy atom. The van der Waals surface area contributed by atoms with E-state index in [1.165, 1.54) is 6.08 Å². The number of alkyl halides is 4. The number of nitrogens with one attached hydrogen (secondary N) is 1. The van der Waals surface area contributed by atoms with E-state index in [0.717, 1.165) is 18.2 Å². The van der Waals surface area contributed by atoms with E-state index in [1.54, 1.807) is 57.2 Å². The summed E-state index contributed by atoms with van der Waals surface area (Å²) in [7, 11) is 0. The topological polar surface area (TPSA) is 68.1 Å². The smallest absolute Gasteiger partial charge is 0.461 e. The molecule has 0 heterocycles. The molecule has 0 spiro atoms. The number of ether oxygens (including phenoxy) is 1. The number of hydrogen-bond acceptors (Lipinski definition) is 4. The summed E-state index contributed by atoms with van der Waals surface area (Å²) in [5, 5.41) is 9.49. The Hall–Kier alpha value is -2.94. The Morgan fingerprint density at radius 2 is 1.79 bits per heavy atom. The molecule has 1 N–H and O–H groups in total. The number of halogens is 6. The Morgan fingerprint density at radius 1 is 1.13 bits per heavy atom. The minimum Gasteiger partial charge on any atom is -0.598 e. The van der Waals surface area contributed by atoms with Crippen molar-refractivity contribution in [1.82, 2.24) is 4.72 Å². The van der Waals surface area contributed by atoms with Crippen LogP contribution in [0.5, 0.6) is 5.75 Å². The van der Waals surface area contributed by atoms with Gasteiger partial charge in [-0.15, -0.1) is 4.72 Å². The molecule has 2 aromatic rings. The van der Waals surface area contributed by atoms with Crippen molar-refractivity contribution in [3.8, 4) is 11.8 Å². The highest BCUT2D eigenvalue weighted by Crippen LogP contribution is 2.44. The molecule has 0 fully saturated rings. The van der Waals surface area contributed by atoms with E-state index in [9.17, 15) is 36.2 Å². The normalized spacial score (nSPS) is 18.7. The maximum Gasteiger partial charge on any atom is 0.461 e. The van der Waals surface area contributed by atoms with Gasteiger partial charge in [-0.3, -0.25) is 0 Å². The van der Waals surface area contributed by atoms with Crippen LogP contribution in [0.4, 0.5) is 26.3 Å². The summed E-state index contributed by atoms with van der Waals surface area (Å²) in [6, 6.07) is 12.9. The van der Waals surface area contributed by atoms with Crippen molar-refractivity contribution in [2.75, 3.05) is 0 Å². The second-order valence-electron chi connectivity index (χ2n) is 9.87. The molecule has 204 valence electrons. The van der Waals surface area contributed by atoms with Crippen LogP contribution < -0.4 is 9.46 Å². The van der Waals surface area contributed by atoms with Gasteiger partial charge in [-0.2, -0.15) is 22.8 Å². The van der Waals surface area contributed by atoms with Gasteiger partial charge in [0, 0.05) is 23.3 Å². The Bertz CT molecular complexity index is 1240. The fourth-order valence-electron chi connectivity index (χ4n) is 4.06. The van der Waals surface area contributed by atoms with E-state index in [2.05, 4.69) is 9.46 Å². The van der Waals surface area contributed by atoms with Gasteiger partial charge >= 0.3 is 12.5 Å². The fourth-order valence-corrected chi connectivity index (χ4v) is 5.04. The number of nitrogens with zero attached hydrogens (tertiary/aromatic N) is 1. The van der Waals surface area contributed by atoms with Gasteiger partial charge < -0.3 is 9.29 Å². The number of benzene rings is 2. The first-order valence-electron chi connectivity index (χ1n) is 11.5. The average molecular weight is 557 g/mol. The van der Waals surface area contributed by atoms with Gasteiger partial charge in [-0.05, 0) is 62.9 Å². The first kappa shape index (κ1) is 29.6. The predicted molar refractivity (Wildman–Crippen MR) is 132 cm³/mol. The largest absolute Gasteiger partial charge is 0.598 e. The van der Waals surface area contributed by atoms with Crippen LogP contribution in [0.15, 0.2) is 72.1 Å². The van der Waals surface area contributed by atoms with Crippen LogP contribution in [0.3, 0.4) is 0 Å². The predicted octanol–water partition coefficient (Wildman–Crippen LogP) is 6.88. The minimum atomic E-state index is -4.90. The molecule has 4 nitrogen and oxygen atoms in total. The SMILES string of the molecule is CC(C)(C)[S@+]([O-])N[C@@](Cc1ccccc1)(c1cc(F)cc(OC(F)(F)C(F)F)c1)C1C=CC(F)=C(C#N)C1. The summed E-state index contributed by atoms with van der Waals surface area (Å²) in [5.41, 5.74) is -1.21. The molecule has 1 aliphatic rings. The van der Waals surface area contributed by atoms with Crippen molar-refractivity contribution in [3.63, 3.8) is 0 Å². The molecule has 3 atom stereocenters. The molecule has 0 saturated heterocycles. The van der Waals surface area contributed by atoms with Crippen LogP contribution in [0.2, 0.25) is 0 Å². The lowest BCUT2D eigenvalue weighted by atomic mass is 9.70. The third-order valence-electron chi connectivity index (χ3n) is 6.01. The van der Waals surface area contributed by atoms with Crippen molar-refractivity contribution >= 4 is 11.4 Å². The third-order valence-corrected chi connectivity index (χ3v) is 7.67. The number of nitriles is 1. The molecule has 2 aromatic carbocycles. The van der Waals surface area contributed by atoms with Crippen molar-refractivity contribution < 1.29 is 35.6 Å². The average Bonchev–Trinajstić information content (AvgIpc) is 2.83. The molecule has 38 heavy (non-hydrogen) atoms. The van der Waals surface area contributed by atoms with Crippen molar-refractivity contribution in [2.24, 2.45) is 5.92 Å². The monoisotopic (exact) mass is 556 g/mol. The van der Waals surface area contributed by atoms with Crippen LogP contribution >= 0.6 is 0 Å². The van der Waals surface area contributed by atoms with Gasteiger partial charge in [0.25, 0.3) is 0 Å². The van der Waals surface area contributed by atoms with Gasteiger partial charge in [0.2, 0.25) is 0 Å². The summed E-state index contributed by atoms with van der Waals surface area (Å²) >= 11 is -1.85. The summed E-state index contributed by atoms with van der Waals surface area (Å²) in [4.78, 5) is 0. The molecule has 1 aliphatic carbocycles. The number of hydrogen-bond donors (Lipinski definition) is 1. The molecular formula is C27H26F6N2O2S. The van der Waals surface area contributed by atoms with E-state index in [1.807, 2.05) is 0 Å². The highest BCUT2D eigenvalue weighted by atomic mass is 32.2. The van der Waals surface area contributed by atoms with E-state index in [-0.39, 0.29) is 24.0 Å². The minimum absolute atomic E-state index is 0.0148. The van der Waals surface area contributed by atoms with Crippen LogP contribution in [-0.2, 0) is 23.3 Å². The van der Waals surface area contributed by atoms with Crippen LogP contribution in [-0.4, -0.2) is 21.8 Å². The van der Waals surface area contributed by atoms with Crippen LogP contribution in [0.1, 0.15) is 38.3 Å². The standard InChI is InChI=1S/C27H26F6N2O2S/c1-25(2,3)38(36)35-26(15-17-7-5-4-6-8-17,19-9-10-23(29)18(11-19)16-34)20-12-21(28)14-22(13-20)37-27(32,33)24(30)31/h4-10,12-14,19,24,35H,11,15H2,1-3H3/t19?,26-,38+/m1/s1. The Kier molecular flexibility index (Phi) is 8.91. The first-order chi connectivity index (χ1) is 17.7. The van der Waals surface area contributed by atoms with Crippen molar-refractivity contribution in [1.29, 1.82) is 5.26 Å². The van der Waals surface area contributed by atoms with E-state index < -0.39 is 57.5 Å². The Balaban J connectivity index is 2.27. The molecule has 0 bridgehead atoms. The number of rotatable bonds is 9. The summed E-state index contributed by atoms with van der Waals surface area (Å²) < 4.78 is 102. The molecule has 0 amide bonds. The van der Waals surface area contributed by atoms with E-state index in [0.29, 0.717) is 11.6 Å². The maximum atomic E-state index is 14.9. The molecule has 0 saturated carbocycles. The zero-order valence-corrected chi connectivity index (χ0v) is 21.6. The summed E-state index contributed by atoms with van der Waals surface area (Å²) in [5.74, 6) is -3.57. The fraction of sp³-hybridized carbons (Fsp3) is 0.370. The molecule has 0 aliphatic heterocycles. The third kappa shape index (κ3) is 6.73. The van der Waals surface area contributed by atoms with Gasteiger partial charge in [-0.1, -0.05) is 36.4 Å². The quantitative estimate of drug-likeness (QED) is 0.270. The number of allylic oxidation sites excluding steroid dienone is 3. The molecule has 11 heteroatoms. The molecule has 0 radical (unpaired) electrons. The highest BCUT2D eigenvalue weighted by molar-refractivity contribution is 7.90. The zero-order chi connectivity index (χ0) is 28.3. The molecule has 0 aromatic heterocycles. The van der Waals surface area contributed by atoms with Gasteiger partial charge in [0.1, 0.15) is 22.1 Å². The molecule has 3 rings (SSSR count). The highest BCUT2D eigenvalue weighted by Gasteiger charge is 2.48. The van der Waals surface area contributed by atoms with E-state index >= 15 is 0 Å². The van der Waals surface area contributed by atoms with Crippen molar-refractivity contribution in [2.45, 2.75) is 56.4 Å². The second kappa shape index (κ2) is 11.4. The molecular weight excluding hydrogens is 530 g/mol. The van der Waals surface area contributed by atoms with Gasteiger partial charge in [0.15, 0.2) is 0 Å². The summed E-state index contributed by atoms with van der Waals surface area (Å²) in [6.07, 6.45) is -6.80. The zero-order valence-electron chi connectivity index (χ0n) is 20.8. The molecule has 1 unspecified atom stereocenters. The first-order valence-corrected chi connectivity index (χ1v) is 12.7. The lowest BCUT2D eigenvalue weighted by Gasteiger charge is -2.43. The van der Waals surface area contributed by atoms with Gasteiger partial charge in [-0.25, -0.2) is 8.78 Å². The van der Waals surface area contributed by atoms with Gasteiger partial charge in [0.05, 0.1) is 17.2 Å². The lowest BCUT2D eigenvalue weighted by molar-refractivity contribution is -0.253. The lowest BCUT2D eigenvalue weighted by Crippen LogP contribution is -2.56. The maximum absolute atomic E-state index is 14.9. The van der Waals surface area contributed by atoms with Crippen LogP contribution in [0.25, 0.3) is 0 Å². The summed E-state index contributed by atoms with van der Waals surface area (Å²) in [6.45, 7) is 5.01. The van der Waals surface area contributed by atoms with Crippen molar-refractivity contribution in [3.05, 3.63) is 89.0 Å². The van der Waals surface area contributed by atoms with Crippen LogP contribution in [0, 0.1) is 23.1 Å². The second-order valence-corrected chi connectivity index (χ2v) is 11.8.